The highest BCUT2D eigenvalue weighted by atomic mass is 19.2. The predicted octanol–water partition coefficient (Wildman–Crippen LogP) is 6.44. The SMILES string of the molecule is CC1CCC(OC(=O)c2ccc(-c3ccc(-c4ccc(C5CO5)c(F)c4F)cc3)c(F)c2)OC1. The fraction of sp³-hybridized carbons (Fsp3) is 0.296. The Labute approximate surface area is 195 Å². The smallest absolute Gasteiger partial charge is 0.340 e. The van der Waals surface area contributed by atoms with E-state index in [0.717, 1.165) is 12.5 Å². The van der Waals surface area contributed by atoms with Gasteiger partial charge in [0.1, 0.15) is 11.9 Å². The minimum atomic E-state index is -0.939. The normalized spacial score (nSPS) is 21.8. The van der Waals surface area contributed by atoms with Crippen molar-refractivity contribution in [3.05, 3.63) is 83.2 Å². The summed E-state index contributed by atoms with van der Waals surface area (Å²) in [5, 5.41) is 0. The highest BCUT2D eigenvalue weighted by Crippen LogP contribution is 2.36. The number of esters is 1. The zero-order valence-corrected chi connectivity index (χ0v) is 18.5. The van der Waals surface area contributed by atoms with Gasteiger partial charge in [-0.15, -0.1) is 0 Å². The van der Waals surface area contributed by atoms with Gasteiger partial charge in [-0.2, -0.15) is 0 Å². The van der Waals surface area contributed by atoms with Crippen molar-refractivity contribution >= 4 is 5.97 Å². The fourth-order valence-electron chi connectivity index (χ4n) is 4.11. The van der Waals surface area contributed by atoms with Crippen molar-refractivity contribution in [1.29, 1.82) is 0 Å². The lowest BCUT2D eigenvalue weighted by atomic mass is 9.97. The van der Waals surface area contributed by atoms with E-state index in [1.165, 1.54) is 24.3 Å². The molecule has 2 heterocycles. The molecular formula is C27H23F3O4. The average Bonchev–Trinajstić information content (AvgIpc) is 3.68. The Morgan fingerprint density at radius 2 is 1.53 bits per heavy atom. The predicted molar refractivity (Wildman–Crippen MR) is 119 cm³/mol. The molecule has 4 nitrogen and oxygen atoms in total. The highest BCUT2D eigenvalue weighted by Gasteiger charge is 2.30. The Kier molecular flexibility index (Phi) is 6.15. The van der Waals surface area contributed by atoms with E-state index in [2.05, 4.69) is 6.92 Å². The van der Waals surface area contributed by atoms with E-state index in [-0.39, 0.29) is 28.4 Å². The van der Waals surface area contributed by atoms with Crippen molar-refractivity contribution < 1.29 is 32.2 Å². The van der Waals surface area contributed by atoms with Crippen LogP contribution < -0.4 is 0 Å². The molecule has 0 N–H and O–H groups in total. The van der Waals surface area contributed by atoms with Crippen LogP contribution in [-0.2, 0) is 14.2 Å². The third-order valence-corrected chi connectivity index (χ3v) is 6.20. The molecule has 0 bridgehead atoms. The first-order chi connectivity index (χ1) is 16.4. The maximum atomic E-state index is 14.8. The van der Waals surface area contributed by atoms with E-state index in [1.807, 2.05) is 0 Å². The fourth-order valence-corrected chi connectivity index (χ4v) is 4.11. The van der Waals surface area contributed by atoms with Crippen LogP contribution in [0.3, 0.4) is 0 Å². The zero-order valence-electron chi connectivity index (χ0n) is 18.5. The number of carbonyl (C=O) groups is 1. The van der Waals surface area contributed by atoms with Crippen molar-refractivity contribution in [1.82, 2.24) is 0 Å². The van der Waals surface area contributed by atoms with E-state index >= 15 is 0 Å². The Hall–Kier alpha value is -3.16. The number of rotatable bonds is 5. The second-order valence-corrected chi connectivity index (χ2v) is 8.77. The molecule has 176 valence electrons. The molecule has 0 saturated carbocycles. The molecule has 2 aliphatic rings. The summed E-state index contributed by atoms with van der Waals surface area (Å²) in [6, 6.07) is 13.6. The lowest BCUT2D eigenvalue weighted by molar-refractivity contribution is -0.143. The molecule has 3 aromatic carbocycles. The second-order valence-electron chi connectivity index (χ2n) is 8.77. The molecule has 3 aromatic rings. The Bertz CT molecular complexity index is 1210. The van der Waals surface area contributed by atoms with E-state index < -0.39 is 29.7 Å². The van der Waals surface area contributed by atoms with Crippen LogP contribution in [0.25, 0.3) is 22.3 Å². The molecule has 5 rings (SSSR count). The maximum Gasteiger partial charge on any atom is 0.340 e. The van der Waals surface area contributed by atoms with Crippen molar-refractivity contribution in [2.45, 2.75) is 32.2 Å². The summed E-state index contributed by atoms with van der Waals surface area (Å²) in [4.78, 5) is 12.4. The van der Waals surface area contributed by atoms with Crippen LogP contribution in [0.5, 0.6) is 0 Å². The number of hydrogen-bond acceptors (Lipinski definition) is 4. The third-order valence-electron chi connectivity index (χ3n) is 6.20. The van der Waals surface area contributed by atoms with Gasteiger partial charge in [0.25, 0.3) is 0 Å². The number of epoxide rings is 1. The number of halogens is 3. The van der Waals surface area contributed by atoms with E-state index in [4.69, 9.17) is 14.2 Å². The minimum Gasteiger partial charge on any atom is -0.432 e. The quantitative estimate of drug-likeness (QED) is 0.319. The van der Waals surface area contributed by atoms with Gasteiger partial charge in [-0.3, -0.25) is 0 Å². The highest BCUT2D eigenvalue weighted by molar-refractivity contribution is 5.90. The topological polar surface area (TPSA) is 48.1 Å². The average molecular weight is 468 g/mol. The van der Waals surface area contributed by atoms with Crippen molar-refractivity contribution in [3.63, 3.8) is 0 Å². The molecule has 2 fully saturated rings. The van der Waals surface area contributed by atoms with Gasteiger partial charge in [0.15, 0.2) is 11.6 Å². The number of carbonyl (C=O) groups excluding carboxylic acids is 1. The van der Waals surface area contributed by atoms with E-state index in [9.17, 15) is 18.0 Å². The number of ether oxygens (including phenoxy) is 3. The molecule has 0 radical (unpaired) electrons. The van der Waals surface area contributed by atoms with Crippen LogP contribution in [0, 0.1) is 23.4 Å². The van der Waals surface area contributed by atoms with Gasteiger partial charge in [-0.25, -0.2) is 18.0 Å². The summed E-state index contributed by atoms with van der Waals surface area (Å²) in [5.41, 5.74) is 1.70. The van der Waals surface area contributed by atoms with Gasteiger partial charge in [0.2, 0.25) is 6.29 Å². The maximum absolute atomic E-state index is 14.8. The molecule has 0 amide bonds. The van der Waals surface area contributed by atoms with Crippen LogP contribution in [0.15, 0.2) is 54.6 Å². The molecule has 2 saturated heterocycles. The third kappa shape index (κ3) is 4.58. The summed E-state index contributed by atoms with van der Waals surface area (Å²) in [5.74, 6) is -2.66. The first-order valence-corrected chi connectivity index (χ1v) is 11.2. The van der Waals surface area contributed by atoms with Gasteiger partial charge < -0.3 is 14.2 Å². The van der Waals surface area contributed by atoms with Crippen LogP contribution in [-0.4, -0.2) is 25.5 Å². The molecule has 2 aliphatic heterocycles. The molecule has 7 heteroatoms. The molecular weight excluding hydrogens is 445 g/mol. The van der Waals surface area contributed by atoms with Crippen molar-refractivity contribution in [3.8, 4) is 22.3 Å². The molecule has 3 atom stereocenters. The van der Waals surface area contributed by atoms with Crippen LogP contribution >= 0.6 is 0 Å². The van der Waals surface area contributed by atoms with Crippen LogP contribution in [0.2, 0.25) is 0 Å². The molecule has 0 aromatic heterocycles. The molecule has 0 aliphatic carbocycles. The van der Waals surface area contributed by atoms with E-state index in [1.54, 1.807) is 24.3 Å². The monoisotopic (exact) mass is 468 g/mol. The summed E-state index contributed by atoms with van der Waals surface area (Å²) < 4.78 is 59.6. The summed E-state index contributed by atoms with van der Waals surface area (Å²) in [7, 11) is 0. The zero-order chi connectivity index (χ0) is 23.8. The Morgan fingerprint density at radius 3 is 2.15 bits per heavy atom. The first kappa shape index (κ1) is 22.6. The van der Waals surface area contributed by atoms with E-state index in [0.29, 0.717) is 36.7 Å². The number of hydrogen-bond donors (Lipinski definition) is 0. The van der Waals surface area contributed by atoms with Gasteiger partial charge in [0, 0.05) is 23.1 Å². The van der Waals surface area contributed by atoms with Gasteiger partial charge >= 0.3 is 5.97 Å². The van der Waals surface area contributed by atoms with Gasteiger partial charge in [0.05, 0.1) is 18.8 Å². The Morgan fingerprint density at radius 1 is 0.853 bits per heavy atom. The Balaban J connectivity index is 1.32. The molecule has 34 heavy (non-hydrogen) atoms. The lowest BCUT2D eigenvalue weighted by Gasteiger charge is -2.26. The summed E-state index contributed by atoms with van der Waals surface area (Å²) in [6.07, 6.45) is 0.515. The standard InChI is InChI=1S/C27H23F3O4/c1-15-2-11-24(33-13-15)34-27(31)18-7-8-19(22(28)12-18)16-3-5-17(6-4-16)20-9-10-21(23-14-32-23)26(30)25(20)29/h3-10,12,15,23-24H,2,11,13-14H2,1H3. The lowest BCUT2D eigenvalue weighted by Crippen LogP contribution is -2.29. The largest absolute Gasteiger partial charge is 0.432 e. The van der Waals surface area contributed by atoms with Crippen LogP contribution in [0.4, 0.5) is 13.2 Å². The summed E-state index contributed by atoms with van der Waals surface area (Å²) in [6.45, 7) is 2.98. The van der Waals surface area contributed by atoms with Gasteiger partial charge in [-0.1, -0.05) is 49.4 Å². The molecule has 3 unspecified atom stereocenters. The van der Waals surface area contributed by atoms with Crippen molar-refractivity contribution in [2.24, 2.45) is 5.92 Å². The summed E-state index contributed by atoms with van der Waals surface area (Å²) >= 11 is 0. The van der Waals surface area contributed by atoms with Gasteiger partial charge in [-0.05, 0) is 35.6 Å². The van der Waals surface area contributed by atoms with Crippen LogP contribution in [0.1, 0.15) is 41.8 Å². The number of benzene rings is 3. The minimum absolute atomic E-state index is 0.0948. The second kappa shape index (κ2) is 9.24. The first-order valence-electron chi connectivity index (χ1n) is 11.2. The van der Waals surface area contributed by atoms with Crippen molar-refractivity contribution in [2.75, 3.05) is 13.2 Å². The molecule has 0 spiro atoms.